The Balaban J connectivity index is 1.79. The summed E-state index contributed by atoms with van der Waals surface area (Å²) in [6.07, 6.45) is 2.34. The molecule has 1 aromatic carbocycles. The van der Waals surface area contributed by atoms with Gasteiger partial charge >= 0.3 is 0 Å². The van der Waals surface area contributed by atoms with Crippen LogP contribution in [0.4, 0.5) is 0 Å². The van der Waals surface area contributed by atoms with Crippen molar-refractivity contribution < 1.29 is 9.53 Å². The van der Waals surface area contributed by atoms with Crippen LogP contribution in [-0.4, -0.2) is 18.2 Å². The third-order valence-electron chi connectivity index (χ3n) is 3.02. The van der Waals surface area contributed by atoms with Crippen molar-refractivity contribution in [3.05, 3.63) is 28.8 Å². The first-order chi connectivity index (χ1) is 9.06. The maximum absolute atomic E-state index is 11.5. The number of hydrogen-bond donors (Lipinski definition) is 1. The first-order valence-electron chi connectivity index (χ1n) is 6.28. The number of aryl methyl sites for hydroxylation is 1. The Morgan fingerprint density at radius 3 is 2.89 bits per heavy atom. The van der Waals surface area contributed by atoms with Crippen molar-refractivity contribution in [3.8, 4) is 5.75 Å². The van der Waals surface area contributed by atoms with Gasteiger partial charge in [0.1, 0.15) is 5.75 Å². The molecule has 102 valence electrons. The second-order valence-electron chi connectivity index (χ2n) is 4.76. The molecule has 19 heavy (non-hydrogen) atoms. The van der Waals surface area contributed by atoms with Gasteiger partial charge in [-0.15, -0.1) is 0 Å². The molecule has 0 atom stereocenters. The first kappa shape index (κ1) is 13.9. The molecule has 1 fully saturated rings. The van der Waals surface area contributed by atoms with Crippen LogP contribution in [-0.2, 0) is 4.79 Å². The minimum atomic E-state index is -0.257. The van der Waals surface area contributed by atoms with Gasteiger partial charge < -0.3 is 4.74 Å². The van der Waals surface area contributed by atoms with Gasteiger partial charge in [0.2, 0.25) is 0 Å². The third-order valence-corrected chi connectivity index (χ3v) is 3.45. The number of nitrogens with one attached hydrogen (secondary N) is 1. The smallest absolute Gasteiger partial charge is 0.277 e. The van der Waals surface area contributed by atoms with E-state index in [1.807, 2.05) is 13.8 Å². The van der Waals surface area contributed by atoms with Gasteiger partial charge in [-0.1, -0.05) is 11.6 Å². The zero-order valence-electron chi connectivity index (χ0n) is 11.1. The summed E-state index contributed by atoms with van der Waals surface area (Å²) in [5.41, 5.74) is 4.40. The molecule has 0 aromatic heterocycles. The van der Waals surface area contributed by atoms with Crippen molar-refractivity contribution in [1.82, 2.24) is 5.43 Å². The highest BCUT2D eigenvalue weighted by Crippen LogP contribution is 2.30. The summed E-state index contributed by atoms with van der Waals surface area (Å²) in [7, 11) is 0. The number of ether oxygens (including phenoxy) is 1. The summed E-state index contributed by atoms with van der Waals surface area (Å²) in [4.78, 5) is 11.5. The quantitative estimate of drug-likeness (QED) is 0.666. The molecule has 5 heteroatoms. The van der Waals surface area contributed by atoms with Crippen molar-refractivity contribution >= 4 is 23.2 Å². The summed E-state index contributed by atoms with van der Waals surface area (Å²) in [6.45, 7) is 3.77. The number of amides is 1. The second-order valence-corrected chi connectivity index (χ2v) is 5.17. The molecule has 2 rings (SSSR count). The van der Waals surface area contributed by atoms with E-state index in [9.17, 15) is 4.79 Å². The highest BCUT2D eigenvalue weighted by atomic mass is 35.5. The van der Waals surface area contributed by atoms with Crippen LogP contribution in [0.2, 0.25) is 5.02 Å². The molecule has 0 saturated heterocycles. The fraction of sp³-hybridized carbons (Fsp3) is 0.429. The van der Waals surface area contributed by atoms with E-state index in [1.165, 1.54) is 12.8 Å². The van der Waals surface area contributed by atoms with Crippen molar-refractivity contribution in [2.45, 2.75) is 26.7 Å². The van der Waals surface area contributed by atoms with Crippen molar-refractivity contribution in [2.75, 3.05) is 6.61 Å². The molecule has 1 aliphatic rings. The molecule has 1 amide bonds. The Morgan fingerprint density at radius 2 is 2.26 bits per heavy atom. The van der Waals surface area contributed by atoms with E-state index >= 15 is 0 Å². The molecule has 1 aliphatic carbocycles. The summed E-state index contributed by atoms with van der Waals surface area (Å²) in [5.74, 6) is 0.924. The fourth-order valence-electron chi connectivity index (χ4n) is 1.63. The maximum atomic E-state index is 11.5. The van der Waals surface area contributed by atoms with Gasteiger partial charge in [-0.25, -0.2) is 5.43 Å². The average Bonchev–Trinajstić information content (AvgIpc) is 3.21. The van der Waals surface area contributed by atoms with Gasteiger partial charge in [0.05, 0.1) is 0 Å². The summed E-state index contributed by atoms with van der Waals surface area (Å²) in [6, 6.07) is 5.29. The van der Waals surface area contributed by atoms with Crippen LogP contribution in [0.15, 0.2) is 23.3 Å². The maximum Gasteiger partial charge on any atom is 0.277 e. The summed E-state index contributed by atoms with van der Waals surface area (Å²) < 4.78 is 5.37. The molecule has 1 saturated carbocycles. The molecule has 0 spiro atoms. The molecular weight excluding hydrogens is 264 g/mol. The topological polar surface area (TPSA) is 50.7 Å². The highest BCUT2D eigenvalue weighted by Gasteiger charge is 2.24. The fourth-order valence-corrected chi connectivity index (χ4v) is 1.75. The lowest BCUT2D eigenvalue weighted by Crippen LogP contribution is -2.25. The average molecular weight is 281 g/mol. The van der Waals surface area contributed by atoms with Gasteiger partial charge in [-0.2, -0.15) is 5.10 Å². The van der Waals surface area contributed by atoms with E-state index in [4.69, 9.17) is 16.3 Å². The Bertz CT molecular complexity index is 510. The lowest BCUT2D eigenvalue weighted by Gasteiger charge is -2.07. The van der Waals surface area contributed by atoms with Gasteiger partial charge in [0, 0.05) is 10.7 Å². The van der Waals surface area contributed by atoms with Gasteiger partial charge in [-0.05, 0) is 56.4 Å². The zero-order chi connectivity index (χ0) is 13.8. The minimum Gasteiger partial charge on any atom is -0.484 e. The molecular formula is C14H17ClN2O2. The molecule has 0 radical (unpaired) electrons. The highest BCUT2D eigenvalue weighted by molar-refractivity contribution is 6.31. The van der Waals surface area contributed by atoms with E-state index in [0.29, 0.717) is 16.7 Å². The largest absolute Gasteiger partial charge is 0.484 e. The third kappa shape index (κ3) is 4.24. The molecule has 0 unspecified atom stereocenters. The van der Waals surface area contributed by atoms with Crippen LogP contribution < -0.4 is 10.2 Å². The number of benzene rings is 1. The second kappa shape index (κ2) is 6.06. The van der Waals surface area contributed by atoms with E-state index in [1.54, 1.807) is 18.2 Å². The molecule has 0 heterocycles. The number of hydrazone groups is 1. The summed E-state index contributed by atoms with van der Waals surface area (Å²) >= 11 is 5.91. The number of carbonyl (C=O) groups excluding carboxylic acids is 1. The van der Waals surface area contributed by atoms with Gasteiger partial charge in [0.25, 0.3) is 5.91 Å². The van der Waals surface area contributed by atoms with Gasteiger partial charge in [0.15, 0.2) is 6.61 Å². The number of carbonyl (C=O) groups is 1. The van der Waals surface area contributed by atoms with Crippen molar-refractivity contribution in [3.63, 3.8) is 0 Å². The monoisotopic (exact) mass is 280 g/mol. The van der Waals surface area contributed by atoms with E-state index in [-0.39, 0.29) is 12.5 Å². The summed E-state index contributed by atoms with van der Waals surface area (Å²) in [5, 5.41) is 4.73. The normalized spacial score (nSPS) is 15.2. The van der Waals surface area contributed by atoms with E-state index in [0.717, 1.165) is 11.3 Å². The Morgan fingerprint density at radius 1 is 1.53 bits per heavy atom. The number of rotatable bonds is 5. The first-order valence-corrected chi connectivity index (χ1v) is 6.66. The zero-order valence-corrected chi connectivity index (χ0v) is 11.8. The number of nitrogens with zero attached hydrogens (tertiary/aromatic N) is 1. The van der Waals surface area contributed by atoms with Crippen LogP contribution >= 0.6 is 11.6 Å². The van der Waals surface area contributed by atoms with Crippen LogP contribution in [0.1, 0.15) is 25.3 Å². The molecule has 1 aromatic rings. The van der Waals surface area contributed by atoms with Crippen LogP contribution in [0.3, 0.4) is 0 Å². The molecule has 4 nitrogen and oxygen atoms in total. The minimum absolute atomic E-state index is 0.0531. The van der Waals surface area contributed by atoms with Crippen LogP contribution in [0.25, 0.3) is 0 Å². The molecule has 0 bridgehead atoms. The lowest BCUT2D eigenvalue weighted by atomic mass is 10.2. The predicted octanol–water partition coefficient (Wildman–Crippen LogP) is 2.93. The molecule has 1 N–H and O–H groups in total. The van der Waals surface area contributed by atoms with Gasteiger partial charge in [-0.3, -0.25) is 4.79 Å². The SMILES string of the molecule is CC(=NNC(=O)COc1ccc(Cl)c(C)c1)C1CC1. The number of halogens is 1. The predicted molar refractivity (Wildman–Crippen MR) is 75.7 cm³/mol. The lowest BCUT2D eigenvalue weighted by molar-refractivity contribution is -0.123. The van der Waals surface area contributed by atoms with E-state index in [2.05, 4.69) is 10.5 Å². The Labute approximate surface area is 117 Å². The van der Waals surface area contributed by atoms with Crippen LogP contribution in [0.5, 0.6) is 5.75 Å². The Kier molecular flexibility index (Phi) is 4.43. The van der Waals surface area contributed by atoms with Crippen LogP contribution in [0, 0.1) is 12.8 Å². The van der Waals surface area contributed by atoms with Crippen molar-refractivity contribution in [1.29, 1.82) is 0 Å². The van der Waals surface area contributed by atoms with Crippen molar-refractivity contribution in [2.24, 2.45) is 11.0 Å². The molecule has 0 aliphatic heterocycles. The Hall–Kier alpha value is -1.55. The van der Waals surface area contributed by atoms with E-state index < -0.39 is 0 Å². The standard InChI is InChI=1S/C14H17ClN2O2/c1-9-7-12(5-6-13(9)15)19-8-14(18)17-16-10(2)11-3-4-11/h5-7,11H,3-4,8H2,1-2H3,(H,17,18). The number of hydrogen-bond acceptors (Lipinski definition) is 3.